The standard InChI is InChI=1S/C12H15Br2NO3S/c13-8-5-6-12(9(14)7-8)19(17,18)15-10-3-1-2-4-11(10)16/h5-7,10-11,15-16H,1-4H2/t10-,11-/m0/s1. The third kappa shape index (κ3) is 3.78. The predicted octanol–water partition coefficient (Wildman–Crippen LogP) is 2.79. The summed E-state index contributed by atoms with van der Waals surface area (Å²) in [6, 6.07) is 4.50. The van der Waals surface area contributed by atoms with E-state index in [-0.39, 0.29) is 4.90 Å². The Hall–Kier alpha value is 0.0500. The first kappa shape index (κ1) is 15.4. The maximum Gasteiger partial charge on any atom is 0.242 e. The fourth-order valence-corrected chi connectivity index (χ4v) is 5.25. The molecule has 1 aliphatic carbocycles. The predicted molar refractivity (Wildman–Crippen MR) is 80.4 cm³/mol. The quantitative estimate of drug-likeness (QED) is 0.802. The molecule has 7 heteroatoms. The van der Waals surface area contributed by atoms with Crippen molar-refractivity contribution in [1.82, 2.24) is 4.72 Å². The molecule has 106 valence electrons. The maximum absolute atomic E-state index is 12.3. The molecule has 2 atom stereocenters. The molecule has 1 aromatic carbocycles. The fourth-order valence-electron chi connectivity index (χ4n) is 2.20. The monoisotopic (exact) mass is 411 g/mol. The Bertz CT molecular complexity index is 562. The van der Waals surface area contributed by atoms with E-state index in [1.54, 1.807) is 12.1 Å². The van der Waals surface area contributed by atoms with E-state index in [0.29, 0.717) is 17.3 Å². The summed E-state index contributed by atoms with van der Waals surface area (Å²) in [7, 11) is -3.62. The Morgan fingerprint density at radius 3 is 2.53 bits per heavy atom. The number of hydrogen-bond acceptors (Lipinski definition) is 3. The summed E-state index contributed by atoms with van der Waals surface area (Å²) in [6.45, 7) is 0. The molecule has 0 bridgehead atoms. The minimum absolute atomic E-state index is 0.188. The van der Waals surface area contributed by atoms with Crippen molar-refractivity contribution in [3.8, 4) is 0 Å². The molecule has 1 aromatic rings. The third-order valence-corrected chi connectivity index (χ3v) is 6.18. The van der Waals surface area contributed by atoms with E-state index >= 15 is 0 Å². The van der Waals surface area contributed by atoms with E-state index < -0.39 is 22.2 Å². The lowest BCUT2D eigenvalue weighted by Gasteiger charge is -2.28. The first-order chi connectivity index (χ1) is 8.90. The van der Waals surface area contributed by atoms with Crippen molar-refractivity contribution in [3.05, 3.63) is 27.1 Å². The zero-order chi connectivity index (χ0) is 14.0. The zero-order valence-corrected chi connectivity index (χ0v) is 14.1. The van der Waals surface area contributed by atoms with Gasteiger partial charge in [-0.15, -0.1) is 0 Å². The van der Waals surface area contributed by atoms with Crippen LogP contribution in [0, 0.1) is 0 Å². The van der Waals surface area contributed by atoms with Gasteiger partial charge in [-0.05, 0) is 47.0 Å². The van der Waals surface area contributed by atoms with Gasteiger partial charge in [-0.3, -0.25) is 0 Å². The van der Waals surface area contributed by atoms with Crippen LogP contribution in [0.5, 0.6) is 0 Å². The lowest BCUT2D eigenvalue weighted by Crippen LogP contribution is -2.45. The fraction of sp³-hybridized carbons (Fsp3) is 0.500. The van der Waals surface area contributed by atoms with Crippen LogP contribution in [0.25, 0.3) is 0 Å². The van der Waals surface area contributed by atoms with E-state index in [2.05, 4.69) is 36.6 Å². The molecule has 2 rings (SSSR count). The van der Waals surface area contributed by atoms with Gasteiger partial charge in [-0.1, -0.05) is 28.8 Å². The number of nitrogens with one attached hydrogen (secondary N) is 1. The summed E-state index contributed by atoms with van der Waals surface area (Å²) in [5.74, 6) is 0. The number of aliphatic hydroxyl groups excluding tert-OH is 1. The van der Waals surface area contributed by atoms with E-state index in [1.165, 1.54) is 6.07 Å². The molecule has 4 nitrogen and oxygen atoms in total. The van der Waals surface area contributed by atoms with Gasteiger partial charge in [-0.2, -0.15) is 0 Å². The molecule has 0 amide bonds. The molecule has 0 aromatic heterocycles. The van der Waals surface area contributed by atoms with Crippen molar-refractivity contribution in [2.24, 2.45) is 0 Å². The molecule has 0 saturated heterocycles. The number of hydrogen-bond donors (Lipinski definition) is 2. The average molecular weight is 413 g/mol. The molecule has 0 spiro atoms. The van der Waals surface area contributed by atoms with Gasteiger partial charge >= 0.3 is 0 Å². The minimum atomic E-state index is -3.62. The second kappa shape index (κ2) is 6.22. The lowest BCUT2D eigenvalue weighted by atomic mass is 9.93. The molecule has 0 unspecified atom stereocenters. The van der Waals surface area contributed by atoms with Crippen LogP contribution < -0.4 is 4.72 Å². The van der Waals surface area contributed by atoms with Crippen LogP contribution >= 0.6 is 31.9 Å². The van der Waals surface area contributed by atoms with Crippen molar-refractivity contribution in [1.29, 1.82) is 0 Å². The highest BCUT2D eigenvalue weighted by Gasteiger charge is 2.29. The Labute approximate surface area is 129 Å². The average Bonchev–Trinajstić information content (AvgIpc) is 2.31. The van der Waals surface area contributed by atoms with Crippen molar-refractivity contribution in [2.45, 2.75) is 42.7 Å². The van der Waals surface area contributed by atoms with Crippen LogP contribution in [0.4, 0.5) is 0 Å². The Kier molecular flexibility index (Phi) is 5.05. The van der Waals surface area contributed by atoms with Crippen molar-refractivity contribution >= 4 is 41.9 Å². The lowest BCUT2D eigenvalue weighted by molar-refractivity contribution is 0.101. The number of sulfonamides is 1. The third-order valence-electron chi connectivity index (χ3n) is 3.22. The van der Waals surface area contributed by atoms with Gasteiger partial charge in [-0.25, -0.2) is 13.1 Å². The van der Waals surface area contributed by atoms with E-state index in [4.69, 9.17) is 0 Å². The van der Waals surface area contributed by atoms with Crippen molar-refractivity contribution in [3.63, 3.8) is 0 Å². The van der Waals surface area contributed by atoms with Gasteiger partial charge < -0.3 is 5.11 Å². The van der Waals surface area contributed by atoms with Gasteiger partial charge in [0.2, 0.25) is 10.0 Å². The molecular weight excluding hydrogens is 398 g/mol. The Morgan fingerprint density at radius 1 is 1.21 bits per heavy atom. The molecule has 0 aliphatic heterocycles. The second-order valence-electron chi connectivity index (χ2n) is 4.65. The highest BCUT2D eigenvalue weighted by molar-refractivity contribution is 9.11. The van der Waals surface area contributed by atoms with Gasteiger partial charge in [0.1, 0.15) is 0 Å². The molecule has 0 heterocycles. The molecule has 0 radical (unpaired) electrons. The Balaban J connectivity index is 2.22. The first-order valence-corrected chi connectivity index (χ1v) is 9.12. The number of rotatable bonds is 3. The first-order valence-electron chi connectivity index (χ1n) is 6.05. The molecule has 19 heavy (non-hydrogen) atoms. The van der Waals surface area contributed by atoms with Crippen LogP contribution in [0.3, 0.4) is 0 Å². The number of halogens is 2. The summed E-state index contributed by atoms with van der Waals surface area (Å²) >= 11 is 6.54. The van der Waals surface area contributed by atoms with Crippen LogP contribution in [0.2, 0.25) is 0 Å². The van der Waals surface area contributed by atoms with Crippen LogP contribution in [0.1, 0.15) is 25.7 Å². The van der Waals surface area contributed by atoms with Crippen molar-refractivity contribution in [2.75, 3.05) is 0 Å². The summed E-state index contributed by atoms with van der Waals surface area (Å²) in [6.07, 6.45) is 2.61. The van der Waals surface area contributed by atoms with Gasteiger partial charge in [0.25, 0.3) is 0 Å². The molecule has 1 fully saturated rings. The molecular formula is C12H15Br2NO3S. The topological polar surface area (TPSA) is 66.4 Å². The van der Waals surface area contributed by atoms with Gasteiger partial charge in [0, 0.05) is 15.0 Å². The van der Waals surface area contributed by atoms with E-state index in [1.807, 2.05) is 0 Å². The zero-order valence-electron chi connectivity index (χ0n) is 10.1. The van der Waals surface area contributed by atoms with Crippen molar-refractivity contribution < 1.29 is 13.5 Å². The number of benzene rings is 1. The van der Waals surface area contributed by atoms with Crippen LogP contribution in [-0.4, -0.2) is 25.7 Å². The van der Waals surface area contributed by atoms with E-state index in [0.717, 1.165) is 17.3 Å². The highest BCUT2D eigenvalue weighted by Crippen LogP contribution is 2.27. The highest BCUT2D eigenvalue weighted by atomic mass is 79.9. The summed E-state index contributed by atoms with van der Waals surface area (Å²) in [5.41, 5.74) is 0. The number of aliphatic hydroxyl groups is 1. The van der Waals surface area contributed by atoms with Crippen LogP contribution in [-0.2, 0) is 10.0 Å². The molecule has 2 N–H and O–H groups in total. The SMILES string of the molecule is O=S(=O)(N[C@H]1CCCC[C@@H]1O)c1ccc(Br)cc1Br. The Morgan fingerprint density at radius 2 is 1.89 bits per heavy atom. The summed E-state index contributed by atoms with van der Waals surface area (Å²) < 4.78 is 28.5. The van der Waals surface area contributed by atoms with Gasteiger partial charge in [0.15, 0.2) is 0 Å². The molecule has 1 saturated carbocycles. The van der Waals surface area contributed by atoms with Gasteiger partial charge in [0.05, 0.1) is 11.0 Å². The largest absolute Gasteiger partial charge is 0.391 e. The summed E-state index contributed by atoms with van der Waals surface area (Å²) in [4.78, 5) is 0.188. The minimum Gasteiger partial charge on any atom is -0.391 e. The smallest absolute Gasteiger partial charge is 0.242 e. The summed E-state index contributed by atoms with van der Waals surface area (Å²) in [5, 5.41) is 9.85. The van der Waals surface area contributed by atoms with E-state index in [9.17, 15) is 13.5 Å². The second-order valence-corrected chi connectivity index (χ2v) is 8.11. The molecule has 1 aliphatic rings. The normalized spacial score (nSPS) is 24.4. The van der Waals surface area contributed by atoms with Crippen LogP contribution in [0.15, 0.2) is 32.0 Å². The maximum atomic E-state index is 12.3.